The van der Waals surface area contributed by atoms with Crippen LogP contribution in [0, 0.1) is 5.92 Å². The Bertz CT molecular complexity index is 784. The number of hydrogen-bond acceptors (Lipinski definition) is 3. The van der Waals surface area contributed by atoms with Gasteiger partial charge >= 0.3 is 6.09 Å². The lowest BCUT2D eigenvalue weighted by molar-refractivity contribution is 0.102. The Balaban J connectivity index is 1.54. The maximum Gasteiger partial charge on any atom is 0.415 e. The quantitative estimate of drug-likeness (QED) is 0.813. The highest BCUT2D eigenvalue weighted by Gasteiger charge is 2.36. The van der Waals surface area contributed by atoms with Crippen LogP contribution in [0.3, 0.4) is 0 Å². The summed E-state index contributed by atoms with van der Waals surface area (Å²) in [6.07, 6.45) is 0.719. The van der Waals surface area contributed by atoms with Gasteiger partial charge in [-0.05, 0) is 30.5 Å². The SMILES string of the molecule is O=C(Oc1ccccc1)N1C[C@@H]2C[C@@H](C1)c1cccc(=O)n1C2. The predicted octanol–water partition coefficient (Wildman–Crippen LogP) is 2.47. The fourth-order valence-corrected chi connectivity index (χ4v) is 3.70. The Kier molecular flexibility index (Phi) is 3.41. The van der Waals surface area contributed by atoms with Crippen LogP contribution in [0.25, 0.3) is 0 Å². The normalized spacial score (nSPS) is 22.3. The number of carbonyl (C=O) groups is 1. The second-order valence-corrected chi connectivity index (χ2v) is 6.28. The zero-order chi connectivity index (χ0) is 15.8. The van der Waals surface area contributed by atoms with Crippen LogP contribution < -0.4 is 10.3 Å². The molecular weight excluding hydrogens is 292 g/mol. The monoisotopic (exact) mass is 310 g/mol. The number of pyridine rings is 1. The molecule has 0 radical (unpaired) electrons. The van der Waals surface area contributed by atoms with Crippen molar-refractivity contribution in [1.82, 2.24) is 9.47 Å². The number of likely N-dealkylation sites (tertiary alicyclic amines) is 1. The van der Waals surface area contributed by atoms with Gasteiger partial charge in [-0.1, -0.05) is 24.3 Å². The first-order valence-electron chi connectivity index (χ1n) is 7.92. The minimum absolute atomic E-state index is 0.0533. The first kappa shape index (κ1) is 14.1. The van der Waals surface area contributed by atoms with Crippen LogP contribution in [0.15, 0.2) is 53.3 Å². The molecule has 1 aromatic carbocycles. The van der Waals surface area contributed by atoms with Crippen LogP contribution in [0.4, 0.5) is 4.79 Å². The molecule has 4 rings (SSSR count). The summed E-state index contributed by atoms with van der Waals surface area (Å²) in [5.41, 5.74) is 1.09. The van der Waals surface area contributed by atoms with Crippen LogP contribution in [-0.4, -0.2) is 28.6 Å². The summed E-state index contributed by atoms with van der Waals surface area (Å²) in [4.78, 5) is 26.2. The molecule has 23 heavy (non-hydrogen) atoms. The second kappa shape index (κ2) is 5.57. The zero-order valence-electron chi connectivity index (χ0n) is 12.7. The first-order chi connectivity index (χ1) is 11.2. The second-order valence-electron chi connectivity index (χ2n) is 6.28. The van der Waals surface area contributed by atoms with Gasteiger partial charge in [-0.2, -0.15) is 0 Å². The fourth-order valence-electron chi connectivity index (χ4n) is 3.70. The van der Waals surface area contributed by atoms with Crippen LogP contribution in [0.1, 0.15) is 18.0 Å². The average Bonchev–Trinajstić information content (AvgIpc) is 2.57. The molecule has 5 nitrogen and oxygen atoms in total. The highest BCUT2D eigenvalue weighted by atomic mass is 16.6. The Labute approximate surface area is 134 Å². The van der Waals surface area contributed by atoms with Gasteiger partial charge in [0.05, 0.1) is 0 Å². The standard InChI is InChI=1S/C18H18N2O3/c21-17-8-4-7-16-14-9-13(11-20(16)17)10-19(12-14)18(22)23-15-5-2-1-3-6-15/h1-8,13-14H,9-12H2/t13-,14-/m0/s1. The molecule has 5 heteroatoms. The average molecular weight is 310 g/mol. The lowest BCUT2D eigenvalue weighted by Crippen LogP contribution is -2.49. The fraction of sp³-hybridized carbons (Fsp3) is 0.333. The van der Waals surface area contributed by atoms with Gasteiger partial charge in [-0.25, -0.2) is 4.79 Å². The number of benzene rings is 1. The van der Waals surface area contributed by atoms with Crippen molar-refractivity contribution in [2.24, 2.45) is 5.92 Å². The molecule has 2 atom stereocenters. The minimum Gasteiger partial charge on any atom is -0.410 e. The van der Waals surface area contributed by atoms with E-state index in [-0.39, 0.29) is 17.6 Å². The van der Waals surface area contributed by atoms with Crippen LogP contribution in [0.2, 0.25) is 0 Å². The summed E-state index contributed by atoms with van der Waals surface area (Å²) in [6, 6.07) is 14.5. The van der Waals surface area contributed by atoms with Gasteiger partial charge < -0.3 is 14.2 Å². The van der Waals surface area contributed by atoms with E-state index in [1.165, 1.54) is 0 Å². The molecular formula is C18H18N2O3. The number of hydrogen-bond donors (Lipinski definition) is 0. The van der Waals surface area contributed by atoms with Gasteiger partial charge in [-0.15, -0.1) is 0 Å². The highest BCUT2D eigenvalue weighted by molar-refractivity contribution is 5.71. The molecule has 2 bridgehead atoms. The predicted molar refractivity (Wildman–Crippen MR) is 85.6 cm³/mol. The van der Waals surface area contributed by atoms with E-state index in [0.717, 1.165) is 12.1 Å². The maximum atomic E-state index is 12.4. The first-order valence-corrected chi connectivity index (χ1v) is 7.92. The third-order valence-corrected chi connectivity index (χ3v) is 4.69. The Hall–Kier alpha value is -2.56. The van der Waals surface area contributed by atoms with Crippen LogP contribution in [0.5, 0.6) is 5.75 Å². The molecule has 1 fully saturated rings. The van der Waals surface area contributed by atoms with E-state index >= 15 is 0 Å². The number of carbonyl (C=O) groups excluding carboxylic acids is 1. The number of para-hydroxylation sites is 1. The molecule has 2 aromatic rings. The lowest BCUT2D eigenvalue weighted by Gasteiger charge is -2.42. The van der Waals surface area contributed by atoms with Crippen molar-refractivity contribution in [1.29, 1.82) is 0 Å². The van der Waals surface area contributed by atoms with Gasteiger partial charge in [0, 0.05) is 37.3 Å². The highest BCUT2D eigenvalue weighted by Crippen LogP contribution is 2.35. The summed E-state index contributed by atoms with van der Waals surface area (Å²) in [5.74, 6) is 1.08. The van der Waals surface area contributed by atoms with Gasteiger partial charge in [0.2, 0.25) is 0 Å². The number of amides is 1. The smallest absolute Gasteiger partial charge is 0.410 e. The summed E-state index contributed by atoms with van der Waals surface area (Å²) in [6.45, 7) is 1.93. The van der Waals surface area contributed by atoms with Crippen molar-refractivity contribution in [3.63, 3.8) is 0 Å². The van der Waals surface area contributed by atoms with E-state index < -0.39 is 0 Å². The Morgan fingerprint density at radius 1 is 1.00 bits per heavy atom. The van der Waals surface area contributed by atoms with Crippen molar-refractivity contribution < 1.29 is 9.53 Å². The maximum absolute atomic E-state index is 12.4. The lowest BCUT2D eigenvalue weighted by atomic mass is 9.83. The molecule has 2 aliphatic rings. The topological polar surface area (TPSA) is 51.5 Å². The van der Waals surface area contributed by atoms with Crippen molar-refractivity contribution in [2.45, 2.75) is 18.9 Å². The van der Waals surface area contributed by atoms with Crippen LogP contribution >= 0.6 is 0 Å². The number of fused-ring (bicyclic) bond motifs is 4. The van der Waals surface area contributed by atoms with Crippen molar-refractivity contribution in [3.05, 3.63) is 64.6 Å². The number of aromatic nitrogens is 1. The molecule has 3 heterocycles. The molecule has 1 saturated heterocycles. The number of rotatable bonds is 1. The van der Waals surface area contributed by atoms with E-state index in [0.29, 0.717) is 31.3 Å². The summed E-state index contributed by atoms with van der Waals surface area (Å²) in [7, 11) is 0. The van der Waals surface area contributed by atoms with Gasteiger partial charge in [0.1, 0.15) is 5.75 Å². The number of ether oxygens (including phenoxy) is 1. The molecule has 0 saturated carbocycles. The summed E-state index contributed by atoms with van der Waals surface area (Å²) < 4.78 is 7.31. The molecule has 118 valence electrons. The number of nitrogens with zero attached hydrogens (tertiary/aromatic N) is 2. The number of piperidine rings is 1. The van der Waals surface area contributed by atoms with Gasteiger partial charge in [0.15, 0.2) is 0 Å². The van der Waals surface area contributed by atoms with Gasteiger partial charge in [-0.3, -0.25) is 4.79 Å². The molecule has 0 spiro atoms. The Morgan fingerprint density at radius 2 is 1.83 bits per heavy atom. The third kappa shape index (κ3) is 2.63. The zero-order valence-corrected chi connectivity index (χ0v) is 12.7. The van der Waals surface area contributed by atoms with E-state index in [1.54, 1.807) is 29.2 Å². The van der Waals surface area contributed by atoms with Crippen molar-refractivity contribution in [3.8, 4) is 5.75 Å². The van der Waals surface area contributed by atoms with E-state index in [1.807, 2.05) is 28.8 Å². The molecule has 0 aliphatic carbocycles. The van der Waals surface area contributed by atoms with Crippen molar-refractivity contribution >= 4 is 6.09 Å². The largest absolute Gasteiger partial charge is 0.415 e. The minimum atomic E-state index is -0.308. The molecule has 1 amide bonds. The molecule has 0 N–H and O–H groups in total. The molecule has 2 aliphatic heterocycles. The molecule has 1 aromatic heterocycles. The summed E-state index contributed by atoms with van der Waals surface area (Å²) in [5, 5.41) is 0. The third-order valence-electron chi connectivity index (χ3n) is 4.69. The Morgan fingerprint density at radius 3 is 2.65 bits per heavy atom. The van der Waals surface area contributed by atoms with Gasteiger partial charge in [0.25, 0.3) is 5.56 Å². The summed E-state index contributed by atoms with van der Waals surface area (Å²) >= 11 is 0. The van der Waals surface area contributed by atoms with E-state index in [4.69, 9.17) is 4.74 Å². The van der Waals surface area contributed by atoms with E-state index in [2.05, 4.69) is 0 Å². The van der Waals surface area contributed by atoms with Crippen LogP contribution in [-0.2, 0) is 6.54 Å². The molecule has 0 unspecified atom stereocenters. The van der Waals surface area contributed by atoms with E-state index in [9.17, 15) is 9.59 Å². The van der Waals surface area contributed by atoms with Crippen molar-refractivity contribution in [2.75, 3.05) is 13.1 Å².